The van der Waals surface area contributed by atoms with Gasteiger partial charge in [0.15, 0.2) is 0 Å². The van der Waals surface area contributed by atoms with E-state index in [0.29, 0.717) is 12.1 Å². The maximum absolute atomic E-state index is 5.91. The van der Waals surface area contributed by atoms with Crippen LogP contribution in [0.3, 0.4) is 0 Å². The molecule has 0 radical (unpaired) electrons. The van der Waals surface area contributed by atoms with Crippen molar-refractivity contribution in [2.75, 3.05) is 18.6 Å². The number of nitrogens with one attached hydrogen (secondary N) is 1. The van der Waals surface area contributed by atoms with Gasteiger partial charge in [0, 0.05) is 18.3 Å². The second kappa shape index (κ2) is 5.38. The van der Waals surface area contributed by atoms with Crippen molar-refractivity contribution in [2.45, 2.75) is 51.4 Å². The highest BCUT2D eigenvalue weighted by molar-refractivity contribution is 7.98. The highest BCUT2D eigenvalue weighted by Crippen LogP contribution is 2.28. The first-order valence-electron chi connectivity index (χ1n) is 5.43. The molecule has 1 rings (SSSR count). The molecule has 1 heterocycles. The fourth-order valence-electron chi connectivity index (χ4n) is 1.86. The molecule has 1 fully saturated rings. The maximum Gasteiger partial charge on any atom is 0.0707 e. The van der Waals surface area contributed by atoms with E-state index in [4.69, 9.17) is 4.74 Å². The van der Waals surface area contributed by atoms with Crippen LogP contribution in [-0.4, -0.2) is 36.3 Å². The Morgan fingerprint density at radius 2 is 2.29 bits per heavy atom. The summed E-state index contributed by atoms with van der Waals surface area (Å²) in [5, 5.41) is 3.52. The minimum Gasteiger partial charge on any atom is -0.371 e. The van der Waals surface area contributed by atoms with E-state index in [0.717, 1.165) is 6.54 Å². The monoisotopic (exact) mass is 217 g/mol. The average molecular weight is 217 g/mol. The van der Waals surface area contributed by atoms with Crippen molar-refractivity contribution in [3.63, 3.8) is 0 Å². The molecule has 0 saturated carbocycles. The van der Waals surface area contributed by atoms with Gasteiger partial charge in [-0.2, -0.15) is 11.8 Å². The highest BCUT2D eigenvalue weighted by Gasteiger charge is 2.31. The molecule has 0 bridgehead atoms. The molecular weight excluding hydrogens is 194 g/mol. The first-order chi connectivity index (χ1) is 6.53. The molecular formula is C11H23NOS. The third kappa shape index (κ3) is 4.20. The van der Waals surface area contributed by atoms with Crippen LogP contribution in [-0.2, 0) is 4.74 Å². The van der Waals surface area contributed by atoms with Gasteiger partial charge < -0.3 is 10.1 Å². The predicted molar refractivity (Wildman–Crippen MR) is 64.0 cm³/mol. The van der Waals surface area contributed by atoms with Crippen molar-refractivity contribution in [2.24, 2.45) is 0 Å². The van der Waals surface area contributed by atoms with Crippen molar-refractivity contribution >= 4 is 11.8 Å². The average Bonchev–Trinajstić information content (AvgIpc) is 2.43. The number of ether oxygens (including phenoxy) is 1. The van der Waals surface area contributed by atoms with Crippen molar-refractivity contribution in [3.8, 4) is 0 Å². The molecule has 84 valence electrons. The van der Waals surface area contributed by atoms with Gasteiger partial charge in [-0.3, -0.25) is 0 Å². The standard InChI is InChI=1S/C11H23NOS/c1-9(8-14-4)12-7-10-5-6-11(2,3)13-10/h9-10,12H,5-8H2,1-4H3. The van der Waals surface area contributed by atoms with Crippen LogP contribution in [0.5, 0.6) is 0 Å². The van der Waals surface area contributed by atoms with E-state index in [-0.39, 0.29) is 5.60 Å². The molecule has 0 aromatic heterocycles. The van der Waals surface area contributed by atoms with Gasteiger partial charge in [-0.1, -0.05) is 0 Å². The Balaban J connectivity index is 2.14. The summed E-state index contributed by atoms with van der Waals surface area (Å²) in [6, 6.07) is 0.595. The fraction of sp³-hybridized carbons (Fsp3) is 1.00. The van der Waals surface area contributed by atoms with Gasteiger partial charge in [-0.05, 0) is 39.9 Å². The van der Waals surface area contributed by atoms with Crippen LogP contribution in [0, 0.1) is 0 Å². The predicted octanol–water partition coefficient (Wildman–Crippen LogP) is 2.29. The summed E-state index contributed by atoms with van der Waals surface area (Å²) in [4.78, 5) is 0. The highest BCUT2D eigenvalue weighted by atomic mass is 32.2. The lowest BCUT2D eigenvalue weighted by molar-refractivity contribution is -0.0147. The molecule has 14 heavy (non-hydrogen) atoms. The van der Waals surface area contributed by atoms with E-state index < -0.39 is 0 Å². The number of rotatable bonds is 5. The molecule has 0 spiro atoms. The Kier molecular flexibility index (Phi) is 4.74. The summed E-state index contributed by atoms with van der Waals surface area (Å²) in [6.07, 6.45) is 4.96. The van der Waals surface area contributed by atoms with Crippen LogP contribution >= 0.6 is 11.8 Å². The zero-order chi connectivity index (χ0) is 10.6. The Bertz CT molecular complexity index is 173. The van der Waals surface area contributed by atoms with E-state index in [2.05, 4.69) is 32.3 Å². The Morgan fingerprint density at radius 1 is 1.57 bits per heavy atom. The zero-order valence-electron chi connectivity index (χ0n) is 9.80. The molecule has 2 atom stereocenters. The molecule has 0 aromatic carbocycles. The Morgan fingerprint density at radius 3 is 2.79 bits per heavy atom. The summed E-state index contributed by atoms with van der Waals surface area (Å²) in [7, 11) is 0. The van der Waals surface area contributed by atoms with E-state index >= 15 is 0 Å². The van der Waals surface area contributed by atoms with Crippen LogP contribution in [0.25, 0.3) is 0 Å². The molecule has 1 N–H and O–H groups in total. The van der Waals surface area contributed by atoms with Crippen LogP contribution < -0.4 is 5.32 Å². The summed E-state index contributed by atoms with van der Waals surface area (Å²) in [5.41, 5.74) is 0.106. The molecule has 1 aliphatic rings. The third-order valence-electron chi connectivity index (χ3n) is 2.66. The largest absolute Gasteiger partial charge is 0.371 e. The molecule has 2 unspecified atom stereocenters. The van der Waals surface area contributed by atoms with Crippen molar-refractivity contribution < 1.29 is 4.74 Å². The van der Waals surface area contributed by atoms with Crippen molar-refractivity contribution in [1.29, 1.82) is 0 Å². The summed E-state index contributed by atoms with van der Waals surface area (Å²) in [6.45, 7) is 7.60. The van der Waals surface area contributed by atoms with Gasteiger partial charge in [0.05, 0.1) is 11.7 Å². The van der Waals surface area contributed by atoms with Gasteiger partial charge in [-0.25, -0.2) is 0 Å². The molecule has 1 saturated heterocycles. The van der Waals surface area contributed by atoms with Gasteiger partial charge in [0.2, 0.25) is 0 Å². The first kappa shape index (κ1) is 12.3. The van der Waals surface area contributed by atoms with Crippen LogP contribution in [0.4, 0.5) is 0 Å². The van der Waals surface area contributed by atoms with Crippen LogP contribution in [0.2, 0.25) is 0 Å². The maximum atomic E-state index is 5.91. The SMILES string of the molecule is CSCC(C)NCC1CCC(C)(C)O1. The van der Waals surface area contributed by atoms with Crippen LogP contribution in [0.15, 0.2) is 0 Å². The second-order valence-electron chi connectivity index (χ2n) is 4.80. The van der Waals surface area contributed by atoms with E-state index in [1.165, 1.54) is 18.6 Å². The van der Waals surface area contributed by atoms with Crippen molar-refractivity contribution in [1.82, 2.24) is 5.32 Å². The fourth-order valence-corrected chi connectivity index (χ4v) is 2.48. The lowest BCUT2D eigenvalue weighted by Gasteiger charge is -2.21. The smallest absolute Gasteiger partial charge is 0.0707 e. The second-order valence-corrected chi connectivity index (χ2v) is 5.71. The van der Waals surface area contributed by atoms with E-state index in [1.54, 1.807) is 0 Å². The molecule has 2 nitrogen and oxygen atoms in total. The molecule has 0 aliphatic carbocycles. The number of thioether (sulfide) groups is 1. The summed E-state index contributed by atoms with van der Waals surface area (Å²) >= 11 is 1.89. The van der Waals surface area contributed by atoms with Gasteiger partial charge in [0.1, 0.15) is 0 Å². The molecule has 1 aliphatic heterocycles. The Labute approximate surface area is 92.2 Å². The lowest BCUT2D eigenvalue weighted by Crippen LogP contribution is -2.36. The minimum absolute atomic E-state index is 0.106. The van der Waals surface area contributed by atoms with Gasteiger partial charge in [0.25, 0.3) is 0 Å². The molecule has 3 heteroatoms. The third-order valence-corrected chi connectivity index (χ3v) is 3.50. The van der Waals surface area contributed by atoms with Gasteiger partial charge >= 0.3 is 0 Å². The lowest BCUT2D eigenvalue weighted by atomic mass is 10.1. The number of hydrogen-bond acceptors (Lipinski definition) is 3. The van der Waals surface area contributed by atoms with Crippen molar-refractivity contribution in [3.05, 3.63) is 0 Å². The van der Waals surface area contributed by atoms with E-state index in [9.17, 15) is 0 Å². The number of hydrogen-bond donors (Lipinski definition) is 1. The molecule has 0 aromatic rings. The summed E-state index contributed by atoms with van der Waals surface area (Å²) in [5.74, 6) is 1.18. The normalized spacial score (nSPS) is 27.9. The Hall–Kier alpha value is 0.270. The topological polar surface area (TPSA) is 21.3 Å². The van der Waals surface area contributed by atoms with Gasteiger partial charge in [-0.15, -0.1) is 0 Å². The zero-order valence-corrected chi connectivity index (χ0v) is 10.6. The quantitative estimate of drug-likeness (QED) is 0.763. The van der Waals surface area contributed by atoms with E-state index in [1.807, 2.05) is 11.8 Å². The molecule has 0 amide bonds. The minimum atomic E-state index is 0.106. The summed E-state index contributed by atoms with van der Waals surface area (Å²) < 4.78 is 5.91. The first-order valence-corrected chi connectivity index (χ1v) is 6.83. The van der Waals surface area contributed by atoms with Crippen LogP contribution in [0.1, 0.15) is 33.6 Å².